The largest absolute Gasteiger partial charge is 0.466 e. The van der Waals surface area contributed by atoms with Crippen LogP contribution in [-0.4, -0.2) is 25.5 Å². The molecule has 0 aliphatic rings. The van der Waals surface area contributed by atoms with Gasteiger partial charge in [0.1, 0.15) is 0 Å². The zero-order chi connectivity index (χ0) is 10.8. The number of hydrogen-bond donors (Lipinski definition) is 2. The number of amides is 1. The molecule has 5 heteroatoms. The molecule has 0 bridgehead atoms. The predicted molar refractivity (Wildman–Crippen MR) is 52.2 cm³/mol. The van der Waals surface area contributed by atoms with Gasteiger partial charge in [-0.2, -0.15) is 0 Å². The normalized spacial score (nSPS) is 10.1. The van der Waals surface area contributed by atoms with Crippen molar-refractivity contribution in [3.63, 3.8) is 0 Å². The van der Waals surface area contributed by atoms with E-state index in [1.165, 1.54) is 19.4 Å². The third-order valence-corrected chi connectivity index (χ3v) is 1.53. The van der Waals surface area contributed by atoms with Crippen LogP contribution < -0.4 is 11.1 Å². The maximum Gasteiger partial charge on any atom is 0.331 e. The highest BCUT2D eigenvalue weighted by molar-refractivity contribution is 5.81. The Kier molecular flexibility index (Phi) is 7.22. The van der Waals surface area contributed by atoms with E-state index < -0.39 is 5.97 Å². The number of ether oxygens (including phenoxy) is 1. The van der Waals surface area contributed by atoms with E-state index in [-0.39, 0.29) is 5.91 Å². The number of carbonyl (C=O) groups is 2. The molecule has 0 aliphatic carbocycles. The summed E-state index contributed by atoms with van der Waals surface area (Å²) in [6, 6.07) is 0. The Morgan fingerprint density at radius 1 is 1.43 bits per heavy atom. The number of methoxy groups -OCH3 is 1. The van der Waals surface area contributed by atoms with Gasteiger partial charge < -0.3 is 15.8 Å². The van der Waals surface area contributed by atoms with E-state index in [1.54, 1.807) is 0 Å². The summed E-state index contributed by atoms with van der Waals surface area (Å²) in [6.07, 6.45) is 4.83. The van der Waals surface area contributed by atoms with Gasteiger partial charge in [-0.1, -0.05) is 0 Å². The van der Waals surface area contributed by atoms with Crippen molar-refractivity contribution in [3.8, 4) is 0 Å². The first kappa shape index (κ1) is 12.5. The Hall–Kier alpha value is -1.52. The molecule has 14 heavy (non-hydrogen) atoms. The second kappa shape index (κ2) is 8.10. The average molecular weight is 200 g/mol. The molecule has 0 saturated heterocycles. The number of unbranched alkanes of at least 4 members (excludes halogenated alkanes) is 1. The lowest BCUT2D eigenvalue weighted by Gasteiger charge is -1.98. The highest BCUT2D eigenvalue weighted by atomic mass is 16.5. The maximum absolute atomic E-state index is 10.6. The van der Waals surface area contributed by atoms with Crippen LogP contribution in [0, 0.1) is 0 Å². The molecule has 0 aromatic rings. The third-order valence-electron chi connectivity index (χ3n) is 1.53. The fourth-order valence-corrected chi connectivity index (χ4v) is 0.805. The quantitative estimate of drug-likeness (QED) is 0.342. The zero-order valence-corrected chi connectivity index (χ0v) is 8.29. The van der Waals surface area contributed by atoms with Crippen molar-refractivity contribution >= 4 is 11.9 Å². The summed E-state index contributed by atoms with van der Waals surface area (Å²) < 4.78 is 4.38. The number of nitrogens with one attached hydrogen (secondary N) is 1. The molecular weight excluding hydrogens is 184 g/mol. The first-order valence-corrected chi connectivity index (χ1v) is 4.43. The summed E-state index contributed by atoms with van der Waals surface area (Å²) in [5.74, 6) is -0.676. The molecule has 0 aliphatic heterocycles. The SMILES string of the molecule is COC(=O)/C=C/NCCCCC(N)=O. The topological polar surface area (TPSA) is 81.4 Å². The van der Waals surface area contributed by atoms with Crippen LogP contribution >= 0.6 is 0 Å². The summed E-state index contributed by atoms with van der Waals surface area (Å²) in [6.45, 7) is 0.709. The number of rotatable bonds is 7. The fraction of sp³-hybridized carbons (Fsp3) is 0.556. The van der Waals surface area contributed by atoms with Gasteiger partial charge in [0.25, 0.3) is 0 Å². The van der Waals surface area contributed by atoms with Crippen molar-refractivity contribution in [2.24, 2.45) is 5.73 Å². The van der Waals surface area contributed by atoms with Crippen molar-refractivity contribution in [1.29, 1.82) is 0 Å². The Labute approximate surface area is 83.3 Å². The molecular formula is C9H16N2O3. The molecule has 80 valence electrons. The van der Waals surface area contributed by atoms with Crippen LogP contribution in [0.25, 0.3) is 0 Å². The van der Waals surface area contributed by atoms with Gasteiger partial charge in [0.05, 0.1) is 7.11 Å². The Morgan fingerprint density at radius 3 is 2.71 bits per heavy atom. The fourth-order valence-electron chi connectivity index (χ4n) is 0.805. The molecule has 0 rings (SSSR count). The van der Waals surface area contributed by atoms with Crippen LogP contribution in [0.5, 0.6) is 0 Å². The predicted octanol–water partition coefficient (Wildman–Crippen LogP) is -0.0817. The average Bonchev–Trinajstić information content (AvgIpc) is 2.15. The van der Waals surface area contributed by atoms with E-state index in [4.69, 9.17) is 5.73 Å². The summed E-state index contributed by atoms with van der Waals surface area (Å²) in [7, 11) is 1.32. The van der Waals surface area contributed by atoms with Crippen LogP contribution in [0.3, 0.4) is 0 Å². The first-order chi connectivity index (χ1) is 6.66. The molecule has 0 fully saturated rings. The molecule has 0 aromatic heterocycles. The van der Waals surface area contributed by atoms with Gasteiger partial charge in [0, 0.05) is 25.2 Å². The second-order valence-electron chi connectivity index (χ2n) is 2.73. The number of primary amides is 1. The zero-order valence-electron chi connectivity index (χ0n) is 8.29. The summed E-state index contributed by atoms with van der Waals surface area (Å²) in [5, 5.41) is 2.89. The van der Waals surface area contributed by atoms with Crippen molar-refractivity contribution < 1.29 is 14.3 Å². The van der Waals surface area contributed by atoms with Crippen LogP contribution in [0.1, 0.15) is 19.3 Å². The van der Waals surface area contributed by atoms with E-state index in [0.29, 0.717) is 13.0 Å². The van der Waals surface area contributed by atoms with Gasteiger partial charge >= 0.3 is 5.97 Å². The highest BCUT2D eigenvalue weighted by Gasteiger charge is 1.93. The summed E-state index contributed by atoms with van der Waals surface area (Å²) in [5.41, 5.74) is 4.96. The lowest BCUT2D eigenvalue weighted by molar-refractivity contribution is -0.134. The lowest BCUT2D eigenvalue weighted by atomic mass is 10.2. The van der Waals surface area contributed by atoms with Crippen LogP contribution in [0.15, 0.2) is 12.3 Å². The van der Waals surface area contributed by atoms with Gasteiger partial charge in [-0.3, -0.25) is 4.79 Å². The monoisotopic (exact) mass is 200 g/mol. The van der Waals surface area contributed by atoms with E-state index >= 15 is 0 Å². The van der Waals surface area contributed by atoms with Crippen molar-refractivity contribution in [3.05, 3.63) is 12.3 Å². The first-order valence-electron chi connectivity index (χ1n) is 4.43. The van der Waals surface area contributed by atoms with E-state index in [1.807, 2.05) is 0 Å². The molecule has 0 aromatic carbocycles. The number of esters is 1. The molecule has 0 radical (unpaired) electrons. The minimum absolute atomic E-state index is 0.282. The van der Waals surface area contributed by atoms with E-state index in [2.05, 4.69) is 10.1 Å². The van der Waals surface area contributed by atoms with Crippen LogP contribution in [0.2, 0.25) is 0 Å². The summed E-state index contributed by atoms with van der Waals surface area (Å²) >= 11 is 0. The standard InChI is InChI=1S/C9H16N2O3/c1-14-9(13)5-7-11-6-3-2-4-8(10)12/h5,7,11H,2-4,6H2,1H3,(H2,10,12)/b7-5+. The van der Waals surface area contributed by atoms with E-state index in [0.717, 1.165) is 12.8 Å². The molecule has 1 amide bonds. The molecule has 3 N–H and O–H groups in total. The van der Waals surface area contributed by atoms with Gasteiger partial charge in [-0.15, -0.1) is 0 Å². The van der Waals surface area contributed by atoms with Crippen LogP contribution in [-0.2, 0) is 14.3 Å². The molecule has 0 heterocycles. The van der Waals surface area contributed by atoms with Gasteiger partial charge in [-0.05, 0) is 12.8 Å². The van der Waals surface area contributed by atoms with Crippen LogP contribution in [0.4, 0.5) is 0 Å². The van der Waals surface area contributed by atoms with Gasteiger partial charge in [0.15, 0.2) is 0 Å². The Morgan fingerprint density at radius 2 is 2.14 bits per heavy atom. The molecule has 0 spiro atoms. The minimum Gasteiger partial charge on any atom is -0.466 e. The van der Waals surface area contributed by atoms with Gasteiger partial charge in [-0.25, -0.2) is 4.79 Å². The smallest absolute Gasteiger partial charge is 0.331 e. The van der Waals surface area contributed by atoms with Crippen molar-refractivity contribution in [2.75, 3.05) is 13.7 Å². The third kappa shape index (κ3) is 8.58. The molecule has 0 unspecified atom stereocenters. The van der Waals surface area contributed by atoms with E-state index in [9.17, 15) is 9.59 Å². The summed E-state index contributed by atoms with van der Waals surface area (Å²) in [4.78, 5) is 20.9. The molecule has 0 saturated carbocycles. The van der Waals surface area contributed by atoms with Gasteiger partial charge in [0.2, 0.25) is 5.91 Å². The number of nitrogens with two attached hydrogens (primary N) is 1. The van der Waals surface area contributed by atoms with Crippen molar-refractivity contribution in [2.45, 2.75) is 19.3 Å². The lowest BCUT2D eigenvalue weighted by Crippen LogP contribution is -2.12. The molecule has 0 atom stereocenters. The minimum atomic E-state index is -0.394. The number of hydrogen-bond acceptors (Lipinski definition) is 4. The Balaban J connectivity index is 3.25. The highest BCUT2D eigenvalue weighted by Crippen LogP contribution is 1.91. The number of carbonyl (C=O) groups excluding carboxylic acids is 2. The maximum atomic E-state index is 10.6. The Bertz CT molecular complexity index is 214. The second-order valence-corrected chi connectivity index (χ2v) is 2.73. The molecule has 5 nitrogen and oxygen atoms in total. The van der Waals surface area contributed by atoms with Crippen molar-refractivity contribution in [1.82, 2.24) is 5.32 Å².